The average Bonchev–Trinajstić information content (AvgIpc) is 2.26. The summed E-state index contributed by atoms with van der Waals surface area (Å²) < 4.78 is 4.46. The molecule has 102 valence electrons. The van der Waals surface area contributed by atoms with Gasteiger partial charge in [-0.05, 0) is 6.92 Å². The number of ether oxygens (including phenoxy) is 1. The number of hydrogen-bond donors (Lipinski definition) is 4. The predicted molar refractivity (Wildman–Crippen MR) is 56.4 cm³/mol. The first kappa shape index (κ1) is 15.8. The van der Waals surface area contributed by atoms with E-state index in [1.54, 1.807) is 0 Å². The lowest BCUT2D eigenvalue weighted by atomic mass is 10.2. The van der Waals surface area contributed by atoms with Crippen molar-refractivity contribution in [3.8, 4) is 0 Å². The molecule has 0 aromatic carbocycles. The van der Waals surface area contributed by atoms with Crippen LogP contribution >= 0.6 is 0 Å². The van der Waals surface area contributed by atoms with Crippen LogP contribution in [0.5, 0.6) is 0 Å². The van der Waals surface area contributed by atoms with E-state index in [1.165, 1.54) is 6.92 Å². The Kier molecular flexibility index (Phi) is 6.35. The normalized spacial score (nSPS) is 13.2. The standard InChI is InChI=1S/C9H14N2O7/c1-2-18-9(17)6(10)7(14)11-4(8(15)16)3-5(12)13/h4,6H,2-3,10H2,1H3,(H,11,14)(H,12,13)(H,15,16). The largest absolute Gasteiger partial charge is 0.481 e. The molecule has 0 aliphatic carbocycles. The lowest BCUT2D eigenvalue weighted by Gasteiger charge is -2.15. The van der Waals surface area contributed by atoms with Crippen molar-refractivity contribution in [3.05, 3.63) is 0 Å². The maximum Gasteiger partial charge on any atom is 0.332 e. The molecule has 0 heterocycles. The van der Waals surface area contributed by atoms with Gasteiger partial charge in [0.1, 0.15) is 6.04 Å². The van der Waals surface area contributed by atoms with E-state index in [1.807, 2.05) is 5.32 Å². The van der Waals surface area contributed by atoms with Gasteiger partial charge in [0.2, 0.25) is 5.91 Å². The molecule has 0 bridgehead atoms. The zero-order valence-corrected chi connectivity index (χ0v) is 9.58. The molecule has 0 saturated heterocycles. The van der Waals surface area contributed by atoms with Crippen LogP contribution in [0.1, 0.15) is 13.3 Å². The van der Waals surface area contributed by atoms with Crippen molar-refractivity contribution in [2.75, 3.05) is 6.61 Å². The molecule has 9 heteroatoms. The molecular formula is C9H14N2O7. The molecule has 0 spiro atoms. The fraction of sp³-hybridized carbons (Fsp3) is 0.556. The summed E-state index contributed by atoms with van der Waals surface area (Å²) in [5, 5.41) is 18.9. The summed E-state index contributed by atoms with van der Waals surface area (Å²) in [5.74, 6) is -5.08. The maximum absolute atomic E-state index is 11.4. The van der Waals surface area contributed by atoms with Crippen LogP contribution in [0.2, 0.25) is 0 Å². The first-order chi connectivity index (χ1) is 8.29. The van der Waals surface area contributed by atoms with E-state index in [2.05, 4.69) is 4.74 Å². The van der Waals surface area contributed by atoms with E-state index in [9.17, 15) is 19.2 Å². The molecule has 0 fully saturated rings. The maximum atomic E-state index is 11.4. The smallest absolute Gasteiger partial charge is 0.332 e. The average molecular weight is 262 g/mol. The number of esters is 1. The molecule has 2 unspecified atom stereocenters. The lowest BCUT2D eigenvalue weighted by Crippen LogP contribution is -2.52. The van der Waals surface area contributed by atoms with Gasteiger partial charge >= 0.3 is 17.9 Å². The number of hydrogen-bond acceptors (Lipinski definition) is 6. The molecule has 0 saturated carbocycles. The number of carboxylic acid groups (broad SMARTS) is 2. The quantitative estimate of drug-likeness (QED) is 0.301. The van der Waals surface area contributed by atoms with Crippen LogP contribution in [0.4, 0.5) is 0 Å². The number of aliphatic carboxylic acids is 2. The van der Waals surface area contributed by atoms with Crippen LogP contribution in [0, 0.1) is 0 Å². The third kappa shape index (κ3) is 5.25. The molecule has 18 heavy (non-hydrogen) atoms. The van der Waals surface area contributed by atoms with E-state index < -0.39 is 42.3 Å². The third-order valence-corrected chi connectivity index (χ3v) is 1.82. The first-order valence-corrected chi connectivity index (χ1v) is 4.96. The van der Waals surface area contributed by atoms with Crippen molar-refractivity contribution < 1.29 is 34.1 Å². The Bertz CT molecular complexity index is 355. The molecule has 5 N–H and O–H groups in total. The van der Waals surface area contributed by atoms with Crippen LogP contribution in [0.3, 0.4) is 0 Å². The van der Waals surface area contributed by atoms with Crippen molar-refractivity contribution in [2.45, 2.75) is 25.4 Å². The SMILES string of the molecule is CCOC(=O)C(N)C(=O)NC(CC(=O)O)C(=O)O. The van der Waals surface area contributed by atoms with Gasteiger partial charge in [0.25, 0.3) is 0 Å². The zero-order chi connectivity index (χ0) is 14.3. The van der Waals surface area contributed by atoms with Gasteiger partial charge in [0.15, 0.2) is 6.04 Å². The van der Waals surface area contributed by atoms with Crippen molar-refractivity contribution in [3.63, 3.8) is 0 Å². The number of nitrogens with two attached hydrogens (primary N) is 1. The van der Waals surface area contributed by atoms with Crippen LogP contribution in [0.15, 0.2) is 0 Å². The zero-order valence-electron chi connectivity index (χ0n) is 9.58. The van der Waals surface area contributed by atoms with Gasteiger partial charge in [-0.25, -0.2) is 9.59 Å². The highest BCUT2D eigenvalue weighted by Crippen LogP contribution is 1.95. The molecule has 2 atom stereocenters. The molecule has 0 aliphatic rings. The highest BCUT2D eigenvalue weighted by atomic mass is 16.5. The van der Waals surface area contributed by atoms with Crippen molar-refractivity contribution in [1.29, 1.82) is 0 Å². The van der Waals surface area contributed by atoms with Crippen LogP contribution in [0.25, 0.3) is 0 Å². The minimum Gasteiger partial charge on any atom is -0.481 e. The molecule has 0 aliphatic heterocycles. The topological polar surface area (TPSA) is 156 Å². The summed E-state index contributed by atoms with van der Waals surface area (Å²) in [6.07, 6.45) is -0.823. The Balaban J connectivity index is 4.54. The monoisotopic (exact) mass is 262 g/mol. The molecule has 1 amide bonds. The van der Waals surface area contributed by atoms with Gasteiger partial charge in [0.05, 0.1) is 13.0 Å². The summed E-state index contributed by atoms with van der Waals surface area (Å²) in [5.41, 5.74) is 5.20. The van der Waals surface area contributed by atoms with Gasteiger partial charge in [-0.1, -0.05) is 0 Å². The summed E-state index contributed by atoms with van der Waals surface area (Å²) in [7, 11) is 0. The number of carboxylic acids is 2. The predicted octanol–water partition coefficient (Wildman–Crippen LogP) is -2.08. The first-order valence-electron chi connectivity index (χ1n) is 4.96. The summed E-state index contributed by atoms with van der Waals surface area (Å²) >= 11 is 0. The van der Waals surface area contributed by atoms with Gasteiger partial charge < -0.3 is 26.0 Å². The molecule has 0 radical (unpaired) electrons. The fourth-order valence-electron chi connectivity index (χ4n) is 0.975. The summed E-state index contributed by atoms with van der Waals surface area (Å²) in [6, 6.07) is -3.35. The van der Waals surface area contributed by atoms with Gasteiger partial charge in [0, 0.05) is 0 Å². The Morgan fingerprint density at radius 3 is 2.22 bits per heavy atom. The Morgan fingerprint density at radius 2 is 1.83 bits per heavy atom. The van der Waals surface area contributed by atoms with Gasteiger partial charge in [-0.2, -0.15) is 0 Å². The Hall–Kier alpha value is -2.16. The second-order valence-corrected chi connectivity index (χ2v) is 3.23. The van der Waals surface area contributed by atoms with Crippen LogP contribution < -0.4 is 11.1 Å². The van der Waals surface area contributed by atoms with E-state index in [4.69, 9.17) is 15.9 Å². The molecule has 9 nitrogen and oxygen atoms in total. The second-order valence-electron chi connectivity index (χ2n) is 3.23. The van der Waals surface area contributed by atoms with Crippen molar-refractivity contribution in [2.24, 2.45) is 5.73 Å². The van der Waals surface area contributed by atoms with Gasteiger partial charge in [-0.15, -0.1) is 0 Å². The molecule has 0 rings (SSSR count). The lowest BCUT2D eigenvalue weighted by molar-refractivity contribution is -0.151. The Labute approximate surface area is 102 Å². The van der Waals surface area contributed by atoms with E-state index in [-0.39, 0.29) is 6.61 Å². The van der Waals surface area contributed by atoms with Crippen LogP contribution in [-0.4, -0.2) is 52.7 Å². The number of rotatable bonds is 7. The van der Waals surface area contributed by atoms with Crippen LogP contribution in [-0.2, 0) is 23.9 Å². The summed E-state index contributed by atoms with van der Waals surface area (Å²) in [4.78, 5) is 43.5. The van der Waals surface area contributed by atoms with E-state index in [0.29, 0.717) is 0 Å². The number of nitrogens with one attached hydrogen (secondary N) is 1. The highest BCUT2D eigenvalue weighted by molar-refractivity contribution is 6.03. The van der Waals surface area contributed by atoms with E-state index >= 15 is 0 Å². The molecule has 0 aromatic heterocycles. The van der Waals surface area contributed by atoms with Crippen molar-refractivity contribution >= 4 is 23.8 Å². The highest BCUT2D eigenvalue weighted by Gasteiger charge is 2.29. The number of amides is 1. The minimum absolute atomic E-state index is 0.0112. The van der Waals surface area contributed by atoms with E-state index in [0.717, 1.165) is 0 Å². The fourth-order valence-corrected chi connectivity index (χ4v) is 0.975. The second kappa shape index (κ2) is 7.22. The minimum atomic E-state index is -1.69. The third-order valence-electron chi connectivity index (χ3n) is 1.82. The number of carbonyl (C=O) groups is 4. The molecular weight excluding hydrogens is 248 g/mol. The molecule has 0 aromatic rings. The Morgan fingerprint density at radius 1 is 1.28 bits per heavy atom. The number of carbonyl (C=O) groups excluding carboxylic acids is 2. The van der Waals surface area contributed by atoms with Gasteiger partial charge in [-0.3, -0.25) is 9.59 Å². The summed E-state index contributed by atoms with van der Waals surface area (Å²) in [6.45, 7) is 1.52. The van der Waals surface area contributed by atoms with Crippen molar-refractivity contribution in [1.82, 2.24) is 5.32 Å².